The van der Waals surface area contributed by atoms with Crippen LogP contribution >= 0.6 is 11.8 Å². The molecule has 2 rings (SSSR count). The molecule has 0 aromatic heterocycles. The van der Waals surface area contributed by atoms with Crippen molar-refractivity contribution < 1.29 is 5.11 Å². The Bertz CT molecular complexity index is 189. The SMILES string of the molecule is CCC1CCCC(C(O)C2CCSC2)C1. The standard InChI is InChI=1S/C13H24OS/c1-2-10-4-3-5-11(8-10)13(14)12-6-7-15-9-12/h10-14H,2-9H2,1H3. The summed E-state index contributed by atoms with van der Waals surface area (Å²) in [5.74, 6) is 4.59. The van der Waals surface area contributed by atoms with E-state index in [1.54, 1.807) is 0 Å². The largest absolute Gasteiger partial charge is 0.393 e. The summed E-state index contributed by atoms with van der Waals surface area (Å²) < 4.78 is 0. The van der Waals surface area contributed by atoms with Crippen molar-refractivity contribution in [2.24, 2.45) is 17.8 Å². The second kappa shape index (κ2) is 5.58. The number of hydrogen-bond acceptors (Lipinski definition) is 2. The van der Waals surface area contributed by atoms with Crippen LogP contribution < -0.4 is 0 Å². The zero-order valence-electron chi connectivity index (χ0n) is 9.82. The van der Waals surface area contributed by atoms with E-state index in [9.17, 15) is 5.11 Å². The van der Waals surface area contributed by atoms with Crippen LogP contribution in [0, 0.1) is 17.8 Å². The second-order valence-corrected chi connectivity index (χ2v) is 6.47. The monoisotopic (exact) mass is 228 g/mol. The zero-order valence-corrected chi connectivity index (χ0v) is 10.6. The van der Waals surface area contributed by atoms with Crippen molar-refractivity contribution in [3.8, 4) is 0 Å². The number of aliphatic hydroxyl groups is 1. The number of rotatable bonds is 3. The van der Waals surface area contributed by atoms with Crippen molar-refractivity contribution in [1.29, 1.82) is 0 Å². The van der Waals surface area contributed by atoms with Gasteiger partial charge in [0.25, 0.3) is 0 Å². The van der Waals surface area contributed by atoms with Gasteiger partial charge in [-0.1, -0.05) is 26.2 Å². The molecule has 0 spiro atoms. The molecule has 2 aliphatic rings. The maximum Gasteiger partial charge on any atom is 0.0604 e. The minimum Gasteiger partial charge on any atom is -0.393 e. The summed E-state index contributed by atoms with van der Waals surface area (Å²) in [7, 11) is 0. The second-order valence-electron chi connectivity index (χ2n) is 5.32. The highest BCUT2D eigenvalue weighted by molar-refractivity contribution is 7.99. The lowest BCUT2D eigenvalue weighted by Crippen LogP contribution is -2.32. The van der Waals surface area contributed by atoms with Gasteiger partial charge in [-0.25, -0.2) is 0 Å². The normalized spacial score (nSPS) is 39.2. The first-order chi connectivity index (χ1) is 7.31. The van der Waals surface area contributed by atoms with Gasteiger partial charge in [0.05, 0.1) is 6.10 Å². The highest BCUT2D eigenvalue weighted by Gasteiger charge is 2.33. The molecule has 0 radical (unpaired) electrons. The first-order valence-corrected chi connectivity index (χ1v) is 7.72. The van der Waals surface area contributed by atoms with Crippen LogP contribution in [0.2, 0.25) is 0 Å². The Kier molecular flexibility index (Phi) is 4.39. The van der Waals surface area contributed by atoms with E-state index in [2.05, 4.69) is 6.92 Å². The highest BCUT2D eigenvalue weighted by atomic mass is 32.2. The van der Waals surface area contributed by atoms with Gasteiger partial charge in [0.2, 0.25) is 0 Å². The van der Waals surface area contributed by atoms with Crippen LogP contribution in [-0.4, -0.2) is 22.7 Å². The van der Waals surface area contributed by atoms with E-state index in [0.29, 0.717) is 11.8 Å². The molecule has 1 aliphatic heterocycles. The predicted molar refractivity (Wildman–Crippen MR) is 67.2 cm³/mol. The van der Waals surface area contributed by atoms with Gasteiger partial charge in [-0.05, 0) is 48.5 Å². The molecular formula is C13H24OS. The number of hydrogen-bond donors (Lipinski definition) is 1. The van der Waals surface area contributed by atoms with Crippen molar-refractivity contribution in [3.05, 3.63) is 0 Å². The highest BCUT2D eigenvalue weighted by Crippen LogP contribution is 2.38. The van der Waals surface area contributed by atoms with E-state index in [-0.39, 0.29) is 6.10 Å². The third-order valence-electron chi connectivity index (χ3n) is 4.33. The maximum absolute atomic E-state index is 10.4. The molecule has 0 aromatic rings. The van der Waals surface area contributed by atoms with Crippen LogP contribution in [-0.2, 0) is 0 Å². The van der Waals surface area contributed by atoms with Crippen molar-refractivity contribution in [2.45, 2.75) is 51.6 Å². The Morgan fingerprint density at radius 3 is 2.80 bits per heavy atom. The molecule has 1 N–H and O–H groups in total. The van der Waals surface area contributed by atoms with E-state index in [1.165, 1.54) is 50.0 Å². The maximum atomic E-state index is 10.4. The summed E-state index contributed by atoms with van der Waals surface area (Å²) >= 11 is 2.02. The lowest BCUT2D eigenvalue weighted by molar-refractivity contribution is 0.0302. The Balaban J connectivity index is 1.85. The molecule has 0 aromatic carbocycles. The van der Waals surface area contributed by atoms with Gasteiger partial charge >= 0.3 is 0 Å². The molecule has 2 fully saturated rings. The fourth-order valence-corrected chi connectivity index (χ4v) is 4.52. The Morgan fingerprint density at radius 1 is 1.27 bits per heavy atom. The zero-order chi connectivity index (χ0) is 10.7. The lowest BCUT2D eigenvalue weighted by atomic mass is 9.75. The fourth-order valence-electron chi connectivity index (χ4n) is 3.22. The van der Waals surface area contributed by atoms with E-state index in [1.807, 2.05) is 11.8 Å². The molecule has 0 bridgehead atoms. The number of thioether (sulfide) groups is 1. The van der Waals surface area contributed by atoms with E-state index in [0.717, 1.165) is 5.92 Å². The molecule has 4 atom stereocenters. The van der Waals surface area contributed by atoms with Crippen molar-refractivity contribution in [2.75, 3.05) is 11.5 Å². The van der Waals surface area contributed by atoms with Crippen LogP contribution in [0.25, 0.3) is 0 Å². The summed E-state index contributed by atoms with van der Waals surface area (Å²) in [6.45, 7) is 2.30. The molecule has 15 heavy (non-hydrogen) atoms. The molecular weight excluding hydrogens is 204 g/mol. The van der Waals surface area contributed by atoms with Crippen molar-refractivity contribution in [1.82, 2.24) is 0 Å². The summed E-state index contributed by atoms with van der Waals surface area (Å²) in [4.78, 5) is 0. The molecule has 4 unspecified atom stereocenters. The Hall–Kier alpha value is 0.310. The minimum atomic E-state index is 0.00866. The van der Waals surface area contributed by atoms with Gasteiger partial charge in [0.1, 0.15) is 0 Å². The molecule has 1 aliphatic carbocycles. The predicted octanol–water partition coefficient (Wildman–Crippen LogP) is 3.32. The minimum absolute atomic E-state index is 0.00866. The van der Waals surface area contributed by atoms with Crippen LogP contribution in [0.4, 0.5) is 0 Å². The van der Waals surface area contributed by atoms with E-state index < -0.39 is 0 Å². The van der Waals surface area contributed by atoms with Gasteiger partial charge in [0, 0.05) is 0 Å². The molecule has 1 saturated heterocycles. The van der Waals surface area contributed by atoms with Gasteiger partial charge < -0.3 is 5.11 Å². The first-order valence-electron chi connectivity index (χ1n) is 6.57. The summed E-state index contributed by atoms with van der Waals surface area (Å²) in [5.41, 5.74) is 0. The molecule has 1 nitrogen and oxygen atoms in total. The van der Waals surface area contributed by atoms with Crippen LogP contribution in [0.5, 0.6) is 0 Å². The molecule has 1 saturated carbocycles. The van der Waals surface area contributed by atoms with Crippen molar-refractivity contribution >= 4 is 11.8 Å². The summed E-state index contributed by atoms with van der Waals surface area (Å²) in [6.07, 6.45) is 7.88. The average molecular weight is 228 g/mol. The van der Waals surface area contributed by atoms with Crippen molar-refractivity contribution in [3.63, 3.8) is 0 Å². The van der Waals surface area contributed by atoms with Gasteiger partial charge in [-0.2, -0.15) is 11.8 Å². The third kappa shape index (κ3) is 2.91. The smallest absolute Gasteiger partial charge is 0.0604 e. The van der Waals surface area contributed by atoms with Gasteiger partial charge in [-0.15, -0.1) is 0 Å². The molecule has 88 valence electrons. The Labute approximate surface area is 98.0 Å². The average Bonchev–Trinajstić information content (AvgIpc) is 2.81. The van der Waals surface area contributed by atoms with Crippen LogP contribution in [0.15, 0.2) is 0 Å². The molecule has 0 amide bonds. The number of aliphatic hydroxyl groups excluding tert-OH is 1. The van der Waals surface area contributed by atoms with Gasteiger partial charge in [-0.3, -0.25) is 0 Å². The fraction of sp³-hybridized carbons (Fsp3) is 1.00. The summed E-state index contributed by atoms with van der Waals surface area (Å²) in [5, 5.41) is 10.4. The lowest BCUT2D eigenvalue weighted by Gasteiger charge is -2.34. The third-order valence-corrected chi connectivity index (χ3v) is 5.52. The molecule has 2 heteroatoms. The topological polar surface area (TPSA) is 20.2 Å². The summed E-state index contributed by atoms with van der Waals surface area (Å²) in [6, 6.07) is 0. The Morgan fingerprint density at radius 2 is 2.13 bits per heavy atom. The van der Waals surface area contributed by atoms with Crippen LogP contribution in [0.1, 0.15) is 45.4 Å². The molecule has 1 heterocycles. The first kappa shape index (κ1) is 11.8. The van der Waals surface area contributed by atoms with Crippen LogP contribution in [0.3, 0.4) is 0 Å². The van der Waals surface area contributed by atoms with Gasteiger partial charge in [0.15, 0.2) is 0 Å². The van der Waals surface area contributed by atoms with E-state index >= 15 is 0 Å². The quantitative estimate of drug-likeness (QED) is 0.799. The van der Waals surface area contributed by atoms with E-state index in [4.69, 9.17) is 0 Å².